The zero-order chi connectivity index (χ0) is 14.9. The highest BCUT2D eigenvalue weighted by Gasteiger charge is 2.23. The first-order valence-electron chi connectivity index (χ1n) is 6.41. The molecule has 0 aliphatic rings. The van der Waals surface area contributed by atoms with E-state index >= 15 is 0 Å². The largest absolute Gasteiger partial charge is 0.271 e. The highest BCUT2D eigenvalue weighted by atomic mass is 79.9. The van der Waals surface area contributed by atoms with E-state index < -0.39 is 0 Å². The van der Waals surface area contributed by atoms with Gasteiger partial charge in [-0.3, -0.25) is 10.5 Å². The molecule has 0 aliphatic heterocycles. The molecule has 2 rings (SSSR count). The number of nitrogens with one attached hydrogen (secondary N) is 1. The monoisotopic (exact) mass is 400 g/mol. The van der Waals surface area contributed by atoms with Gasteiger partial charge in [0, 0.05) is 10.5 Å². The maximum atomic E-state index is 5.83. The molecule has 4 nitrogen and oxygen atoms in total. The van der Waals surface area contributed by atoms with Gasteiger partial charge in [-0.15, -0.1) is 0 Å². The summed E-state index contributed by atoms with van der Waals surface area (Å²) in [5.74, 6) is 5.83. The number of halogens is 2. The molecule has 0 radical (unpaired) electrons. The summed E-state index contributed by atoms with van der Waals surface area (Å²) in [4.78, 5) is 0. The fourth-order valence-corrected chi connectivity index (χ4v) is 3.17. The molecule has 20 heavy (non-hydrogen) atoms. The molecule has 0 amide bonds. The highest BCUT2D eigenvalue weighted by molar-refractivity contribution is 9.10. The molecular formula is C14H18Br2N4. The van der Waals surface area contributed by atoms with Crippen LogP contribution in [0.1, 0.15) is 42.8 Å². The molecule has 1 unspecified atom stereocenters. The van der Waals surface area contributed by atoms with Crippen LogP contribution in [0, 0.1) is 6.92 Å². The van der Waals surface area contributed by atoms with Crippen molar-refractivity contribution in [2.24, 2.45) is 5.84 Å². The zero-order valence-electron chi connectivity index (χ0n) is 11.7. The second-order valence-electron chi connectivity index (χ2n) is 4.97. The fraction of sp³-hybridized carbons (Fsp3) is 0.357. The topological polar surface area (TPSA) is 55.9 Å². The number of nitrogens with zero attached hydrogens (tertiary/aromatic N) is 2. The molecule has 1 heterocycles. The average molecular weight is 402 g/mol. The van der Waals surface area contributed by atoms with Crippen LogP contribution < -0.4 is 11.3 Å². The van der Waals surface area contributed by atoms with Gasteiger partial charge in [0.05, 0.1) is 22.4 Å². The minimum absolute atomic E-state index is 0.119. The lowest BCUT2D eigenvalue weighted by Gasteiger charge is -2.22. The quantitative estimate of drug-likeness (QED) is 0.604. The van der Waals surface area contributed by atoms with Crippen LogP contribution in [0.15, 0.2) is 33.3 Å². The Balaban J connectivity index is 2.58. The van der Waals surface area contributed by atoms with Gasteiger partial charge in [-0.05, 0) is 53.9 Å². The van der Waals surface area contributed by atoms with Gasteiger partial charge >= 0.3 is 0 Å². The van der Waals surface area contributed by atoms with Gasteiger partial charge in [0.2, 0.25) is 0 Å². The molecule has 108 valence electrons. The third-order valence-corrected chi connectivity index (χ3v) is 4.81. The minimum atomic E-state index is -0.119. The molecule has 3 N–H and O–H groups in total. The molecule has 1 aromatic carbocycles. The number of hydrazine groups is 1. The number of hydrogen-bond donors (Lipinski definition) is 2. The Morgan fingerprint density at radius 1 is 1.25 bits per heavy atom. The van der Waals surface area contributed by atoms with Crippen molar-refractivity contribution in [2.45, 2.75) is 32.9 Å². The summed E-state index contributed by atoms with van der Waals surface area (Å²) in [6, 6.07) is 6.27. The Labute approximate surface area is 136 Å². The van der Waals surface area contributed by atoms with Crippen LogP contribution in [0.5, 0.6) is 0 Å². The summed E-state index contributed by atoms with van der Waals surface area (Å²) in [6.45, 7) is 6.28. The van der Waals surface area contributed by atoms with Gasteiger partial charge in [-0.2, -0.15) is 5.10 Å². The van der Waals surface area contributed by atoms with Crippen molar-refractivity contribution in [3.8, 4) is 0 Å². The molecule has 1 atom stereocenters. The van der Waals surface area contributed by atoms with E-state index in [1.165, 1.54) is 5.56 Å². The molecule has 2 aromatic rings. The Kier molecular flexibility index (Phi) is 5.01. The normalized spacial score (nSPS) is 12.9. The summed E-state index contributed by atoms with van der Waals surface area (Å²) >= 11 is 7.15. The standard InChI is InChI=1S/C14H18Br2N4/c1-8(2)20-14(12(16)7-18-20)13(19-17)10-5-4-6-11(15)9(10)3/h4-8,13,19H,17H2,1-3H3. The summed E-state index contributed by atoms with van der Waals surface area (Å²) in [5, 5.41) is 4.42. The van der Waals surface area contributed by atoms with Crippen molar-refractivity contribution < 1.29 is 0 Å². The van der Waals surface area contributed by atoms with E-state index in [0.29, 0.717) is 0 Å². The number of benzene rings is 1. The first-order chi connectivity index (χ1) is 9.47. The van der Waals surface area contributed by atoms with Crippen LogP contribution in [0.2, 0.25) is 0 Å². The van der Waals surface area contributed by atoms with E-state index in [2.05, 4.69) is 69.2 Å². The van der Waals surface area contributed by atoms with Gasteiger partial charge in [0.15, 0.2) is 0 Å². The van der Waals surface area contributed by atoms with Crippen molar-refractivity contribution in [3.05, 3.63) is 50.2 Å². The lowest BCUT2D eigenvalue weighted by molar-refractivity contribution is 0.474. The maximum Gasteiger partial charge on any atom is 0.0892 e. The van der Waals surface area contributed by atoms with Gasteiger partial charge < -0.3 is 0 Å². The smallest absolute Gasteiger partial charge is 0.0892 e. The van der Waals surface area contributed by atoms with E-state index in [-0.39, 0.29) is 12.1 Å². The minimum Gasteiger partial charge on any atom is -0.271 e. The lowest BCUT2D eigenvalue weighted by atomic mass is 9.99. The maximum absolute atomic E-state index is 5.83. The Morgan fingerprint density at radius 3 is 2.55 bits per heavy atom. The highest BCUT2D eigenvalue weighted by Crippen LogP contribution is 2.33. The molecule has 0 fully saturated rings. The molecule has 6 heteroatoms. The van der Waals surface area contributed by atoms with E-state index in [1.54, 1.807) is 0 Å². The van der Waals surface area contributed by atoms with Crippen LogP contribution in [0.3, 0.4) is 0 Å². The number of nitrogens with two attached hydrogens (primary N) is 1. The van der Waals surface area contributed by atoms with Crippen LogP contribution in [-0.4, -0.2) is 9.78 Å². The fourth-order valence-electron chi connectivity index (χ4n) is 2.29. The second kappa shape index (κ2) is 6.39. The van der Waals surface area contributed by atoms with Crippen molar-refractivity contribution in [1.29, 1.82) is 0 Å². The summed E-state index contributed by atoms with van der Waals surface area (Å²) in [7, 11) is 0. The summed E-state index contributed by atoms with van der Waals surface area (Å²) in [5.41, 5.74) is 6.24. The predicted molar refractivity (Wildman–Crippen MR) is 88.4 cm³/mol. The van der Waals surface area contributed by atoms with Crippen LogP contribution in [0.4, 0.5) is 0 Å². The molecule has 1 aromatic heterocycles. The molecule has 0 saturated carbocycles. The van der Waals surface area contributed by atoms with E-state index in [0.717, 1.165) is 20.2 Å². The Hall–Kier alpha value is -0.690. The van der Waals surface area contributed by atoms with Crippen molar-refractivity contribution >= 4 is 31.9 Å². The molecule has 0 aliphatic carbocycles. The van der Waals surface area contributed by atoms with Crippen LogP contribution in [-0.2, 0) is 0 Å². The van der Waals surface area contributed by atoms with Crippen LogP contribution in [0.25, 0.3) is 0 Å². The van der Waals surface area contributed by atoms with Crippen molar-refractivity contribution in [1.82, 2.24) is 15.2 Å². The van der Waals surface area contributed by atoms with Gasteiger partial charge in [-0.25, -0.2) is 5.43 Å². The predicted octanol–water partition coefficient (Wildman–Crippen LogP) is 3.85. The van der Waals surface area contributed by atoms with Crippen LogP contribution >= 0.6 is 31.9 Å². The number of hydrogen-bond acceptors (Lipinski definition) is 3. The average Bonchev–Trinajstić information content (AvgIpc) is 2.78. The van der Waals surface area contributed by atoms with E-state index in [9.17, 15) is 0 Å². The lowest BCUT2D eigenvalue weighted by Crippen LogP contribution is -2.32. The third kappa shape index (κ3) is 2.83. The molecular weight excluding hydrogens is 384 g/mol. The zero-order valence-corrected chi connectivity index (χ0v) is 14.9. The third-order valence-electron chi connectivity index (χ3n) is 3.34. The number of aromatic nitrogens is 2. The Bertz CT molecular complexity index is 607. The Morgan fingerprint density at radius 2 is 1.95 bits per heavy atom. The van der Waals surface area contributed by atoms with Gasteiger partial charge in [-0.1, -0.05) is 28.1 Å². The first kappa shape index (κ1) is 15.7. The SMILES string of the molecule is Cc1c(Br)cccc1C(NN)c1c(Br)cnn1C(C)C. The molecule has 0 bridgehead atoms. The molecule has 0 saturated heterocycles. The first-order valence-corrected chi connectivity index (χ1v) is 8.00. The second-order valence-corrected chi connectivity index (χ2v) is 6.68. The summed E-state index contributed by atoms with van der Waals surface area (Å²) < 4.78 is 4.00. The van der Waals surface area contributed by atoms with E-state index in [1.807, 2.05) is 23.0 Å². The van der Waals surface area contributed by atoms with Crippen molar-refractivity contribution in [2.75, 3.05) is 0 Å². The molecule has 0 spiro atoms. The number of rotatable bonds is 4. The summed E-state index contributed by atoms with van der Waals surface area (Å²) in [6.07, 6.45) is 1.81. The van der Waals surface area contributed by atoms with Gasteiger partial charge in [0.25, 0.3) is 0 Å². The van der Waals surface area contributed by atoms with Crippen molar-refractivity contribution in [3.63, 3.8) is 0 Å². The van der Waals surface area contributed by atoms with Gasteiger partial charge in [0.1, 0.15) is 0 Å². The van der Waals surface area contributed by atoms with E-state index in [4.69, 9.17) is 5.84 Å².